The van der Waals surface area contributed by atoms with Crippen molar-refractivity contribution in [3.8, 4) is 0 Å². The smallest absolute Gasteiger partial charge is 0.428 e. The van der Waals surface area contributed by atoms with Gasteiger partial charge in [-0.25, -0.2) is 14.6 Å². The number of carbonyl (C=O) groups is 3. The number of amides is 1. The van der Waals surface area contributed by atoms with Gasteiger partial charge in [0.25, 0.3) is 0 Å². The molecule has 35 heavy (non-hydrogen) atoms. The van der Waals surface area contributed by atoms with Gasteiger partial charge in [0.15, 0.2) is 0 Å². The molecule has 0 aliphatic carbocycles. The molecule has 2 aliphatic rings. The summed E-state index contributed by atoms with van der Waals surface area (Å²) >= 11 is 2.61. The van der Waals surface area contributed by atoms with Crippen LogP contribution in [0.3, 0.4) is 0 Å². The van der Waals surface area contributed by atoms with E-state index in [1.807, 2.05) is 6.92 Å². The summed E-state index contributed by atoms with van der Waals surface area (Å²) in [4.78, 5) is 44.7. The number of hydrogen-bond donors (Lipinski definition) is 2. The molecular formula is C23H30N2O8S2. The first-order chi connectivity index (χ1) is 16.4. The maximum atomic E-state index is 13.1. The lowest BCUT2D eigenvalue weighted by Gasteiger charge is -2.46. The van der Waals surface area contributed by atoms with Gasteiger partial charge >= 0.3 is 12.1 Å². The lowest BCUT2D eigenvalue weighted by molar-refractivity contribution is -0.174. The van der Waals surface area contributed by atoms with Gasteiger partial charge in [0.05, 0.1) is 40.8 Å². The molecule has 5 atom stereocenters. The third kappa shape index (κ3) is 5.88. The number of aliphatic hydroxyl groups is 2. The molecule has 1 unspecified atom stereocenters. The Morgan fingerprint density at radius 2 is 2.00 bits per heavy atom. The number of β-lactam (4-membered cyclic amide) rings is 1. The molecule has 0 spiro atoms. The minimum Gasteiger partial charge on any atom is -0.428 e. The molecule has 1 amide bonds. The second kappa shape index (κ2) is 10.7. The van der Waals surface area contributed by atoms with Crippen molar-refractivity contribution in [3.63, 3.8) is 0 Å². The first-order valence-corrected chi connectivity index (χ1v) is 12.8. The highest BCUT2D eigenvalue weighted by atomic mass is 32.2. The summed E-state index contributed by atoms with van der Waals surface area (Å²) < 4.78 is 15.4. The van der Waals surface area contributed by atoms with Crippen LogP contribution in [0.5, 0.6) is 0 Å². The lowest BCUT2D eigenvalue weighted by atomic mass is 9.79. The molecule has 1 saturated heterocycles. The molecule has 192 valence electrons. The highest BCUT2D eigenvalue weighted by molar-refractivity contribution is 8.06. The number of aromatic nitrogens is 1. The third-order valence-corrected chi connectivity index (χ3v) is 7.39. The highest BCUT2D eigenvalue weighted by Crippen LogP contribution is 2.51. The van der Waals surface area contributed by atoms with Crippen molar-refractivity contribution in [1.29, 1.82) is 0 Å². The topological polar surface area (TPSA) is 135 Å². The quantitative estimate of drug-likeness (QED) is 0.295. The third-order valence-electron chi connectivity index (χ3n) is 5.46. The van der Waals surface area contributed by atoms with Crippen molar-refractivity contribution < 1.29 is 38.8 Å². The van der Waals surface area contributed by atoms with Crippen LogP contribution in [0.1, 0.15) is 52.1 Å². The summed E-state index contributed by atoms with van der Waals surface area (Å²) in [6, 6.07) is -0.389. The minimum atomic E-state index is -1.26. The zero-order valence-corrected chi connectivity index (χ0v) is 22.0. The van der Waals surface area contributed by atoms with Gasteiger partial charge in [-0.1, -0.05) is 18.7 Å². The summed E-state index contributed by atoms with van der Waals surface area (Å²) in [6.45, 7) is 9.64. The van der Waals surface area contributed by atoms with E-state index in [-0.39, 0.29) is 30.2 Å². The monoisotopic (exact) mass is 526 g/mol. The van der Waals surface area contributed by atoms with Gasteiger partial charge in [0.1, 0.15) is 11.3 Å². The average Bonchev–Trinajstić information content (AvgIpc) is 3.27. The first-order valence-electron chi connectivity index (χ1n) is 11.1. The molecule has 0 bridgehead atoms. The molecular weight excluding hydrogens is 496 g/mol. The van der Waals surface area contributed by atoms with Crippen LogP contribution in [-0.4, -0.2) is 62.2 Å². The Hall–Kier alpha value is -2.41. The molecule has 1 aromatic heterocycles. The fourth-order valence-electron chi connectivity index (χ4n) is 4.01. The zero-order chi connectivity index (χ0) is 26.1. The maximum absolute atomic E-state index is 13.1. The van der Waals surface area contributed by atoms with E-state index in [4.69, 9.17) is 14.2 Å². The highest BCUT2D eigenvalue weighted by Gasteiger charge is 2.60. The molecule has 3 heterocycles. The van der Waals surface area contributed by atoms with Gasteiger partial charge in [0, 0.05) is 17.7 Å². The molecule has 2 N–H and O–H groups in total. The van der Waals surface area contributed by atoms with Gasteiger partial charge in [0.2, 0.25) is 12.2 Å². The summed E-state index contributed by atoms with van der Waals surface area (Å²) in [7, 11) is 0. The Morgan fingerprint density at radius 3 is 2.60 bits per heavy atom. The van der Waals surface area contributed by atoms with Crippen molar-refractivity contribution in [2.24, 2.45) is 11.8 Å². The van der Waals surface area contributed by atoms with E-state index in [1.165, 1.54) is 34.9 Å². The number of aliphatic hydroxyl groups excluding tert-OH is 2. The second-order valence-electron chi connectivity index (χ2n) is 9.26. The Kier molecular flexibility index (Phi) is 8.30. The number of esters is 1. The van der Waals surface area contributed by atoms with Crippen molar-refractivity contribution >= 4 is 47.2 Å². The predicted octanol–water partition coefficient (Wildman–Crippen LogP) is 3.25. The van der Waals surface area contributed by atoms with Gasteiger partial charge < -0.3 is 29.3 Å². The fraction of sp³-hybridized carbons (Fsp3) is 0.565. The summed E-state index contributed by atoms with van der Waals surface area (Å²) in [5.41, 5.74) is 1.45. The summed E-state index contributed by atoms with van der Waals surface area (Å²) in [6.07, 6.45) is -1.34. The number of thiazole rings is 1. The molecule has 1 fully saturated rings. The second-order valence-corrected chi connectivity index (χ2v) is 11.1. The van der Waals surface area contributed by atoms with Crippen LogP contribution in [0.15, 0.2) is 21.5 Å². The number of ether oxygens (including phenoxy) is 3. The van der Waals surface area contributed by atoms with Crippen LogP contribution >= 0.6 is 23.1 Å². The molecule has 0 aromatic carbocycles. The molecule has 3 rings (SSSR count). The van der Waals surface area contributed by atoms with E-state index in [1.54, 1.807) is 44.7 Å². The summed E-state index contributed by atoms with van der Waals surface area (Å²) in [5.74, 6) is -2.06. The first kappa shape index (κ1) is 27.2. The number of carbonyl (C=O) groups excluding carboxylic acids is 3. The van der Waals surface area contributed by atoms with Gasteiger partial charge in [-0.15, -0.1) is 11.3 Å². The Bertz CT molecular complexity index is 1040. The van der Waals surface area contributed by atoms with E-state index >= 15 is 0 Å². The van der Waals surface area contributed by atoms with Crippen LogP contribution in [0.25, 0.3) is 6.08 Å². The van der Waals surface area contributed by atoms with Gasteiger partial charge in [-0.2, -0.15) is 0 Å². The number of thioether (sulfide) groups is 1. The Morgan fingerprint density at radius 1 is 1.31 bits per heavy atom. The van der Waals surface area contributed by atoms with Crippen LogP contribution in [0, 0.1) is 11.8 Å². The van der Waals surface area contributed by atoms with Crippen molar-refractivity contribution in [3.05, 3.63) is 32.1 Å². The molecule has 0 radical (unpaired) electrons. The number of hydrogen-bond acceptors (Lipinski definition) is 11. The lowest BCUT2D eigenvalue weighted by Crippen LogP contribution is -2.63. The van der Waals surface area contributed by atoms with E-state index < -0.39 is 36.0 Å². The fourth-order valence-corrected chi connectivity index (χ4v) is 5.79. The maximum Gasteiger partial charge on any atom is 0.511 e. The minimum absolute atomic E-state index is 0.0605. The normalized spacial score (nSPS) is 23.7. The standard InChI is InChI=1S/C23H30N2O8S2/c1-11-17-16(12(2)27)20(28)25(17)18(19(11)34-8-7-15-14(9-26)24-10-35-15)21(29)31-13(3)32-22(30)33-23(4,5)6/h7-8,10-13,16-17,26-27H,9H2,1-6H3/t11-,12-,13?,16-,17-/m1/s1. The molecule has 1 aromatic rings. The largest absolute Gasteiger partial charge is 0.511 e. The van der Waals surface area contributed by atoms with Crippen molar-refractivity contribution in [2.75, 3.05) is 0 Å². The van der Waals surface area contributed by atoms with Crippen LogP contribution < -0.4 is 0 Å². The van der Waals surface area contributed by atoms with Crippen molar-refractivity contribution in [1.82, 2.24) is 9.88 Å². The molecule has 0 saturated carbocycles. The van der Waals surface area contributed by atoms with Gasteiger partial charge in [-0.05, 0) is 39.2 Å². The van der Waals surface area contributed by atoms with E-state index in [2.05, 4.69) is 4.98 Å². The Labute approximate surface area is 211 Å². The molecule has 2 aliphatic heterocycles. The number of rotatable bonds is 8. The van der Waals surface area contributed by atoms with Crippen molar-refractivity contribution in [2.45, 2.75) is 72.2 Å². The van der Waals surface area contributed by atoms with E-state index in [0.717, 1.165) is 4.88 Å². The number of nitrogens with zero attached hydrogens (tertiary/aromatic N) is 2. The molecule has 12 heteroatoms. The van der Waals surface area contributed by atoms with Crippen LogP contribution in [-0.2, 0) is 30.4 Å². The SMILES string of the molecule is CC(OC(=O)OC(C)(C)C)OC(=O)C1=C(SC=Cc2scnc2CO)[C@H](C)[C@@H]2[C@@H]([C@@H](C)O)C(=O)N12. The van der Waals surface area contributed by atoms with Crippen LogP contribution in [0.2, 0.25) is 0 Å². The van der Waals surface area contributed by atoms with E-state index in [0.29, 0.717) is 10.6 Å². The Balaban J connectivity index is 1.81. The predicted molar refractivity (Wildman–Crippen MR) is 130 cm³/mol. The molecule has 10 nitrogen and oxygen atoms in total. The summed E-state index contributed by atoms with van der Waals surface area (Å²) in [5, 5.41) is 21.3. The zero-order valence-electron chi connectivity index (χ0n) is 20.4. The van der Waals surface area contributed by atoms with Crippen LogP contribution in [0.4, 0.5) is 4.79 Å². The number of fused-ring (bicyclic) bond motifs is 1. The average molecular weight is 527 g/mol. The van der Waals surface area contributed by atoms with Gasteiger partial charge in [-0.3, -0.25) is 4.79 Å². The van der Waals surface area contributed by atoms with E-state index in [9.17, 15) is 24.6 Å².